The van der Waals surface area contributed by atoms with Gasteiger partial charge in [-0.2, -0.15) is 0 Å². The van der Waals surface area contributed by atoms with Crippen LogP contribution in [0.1, 0.15) is 28.4 Å². The lowest BCUT2D eigenvalue weighted by Gasteiger charge is -2.38. The van der Waals surface area contributed by atoms with Crippen LogP contribution in [0.25, 0.3) is 0 Å². The monoisotopic (exact) mass is 491 g/mol. The van der Waals surface area contributed by atoms with Crippen LogP contribution in [-0.4, -0.2) is 75.7 Å². The second kappa shape index (κ2) is 9.70. The third kappa shape index (κ3) is 4.85. The van der Waals surface area contributed by atoms with Gasteiger partial charge < -0.3 is 9.64 Å². The van der Waals surface area contributed by atoms with Crippen molar-refractivity contribution in [1.82, 2.24) is 9.80 Å². The first-order valence-electron chi connectivity index (χ1n) is 10.8. The summed E-state index contributed by atoms with van der Waals surface area (Å²) in [6.45, 7) is 2.20. The SMILES string of the molecule is COC(=O)C(c1ccccc1Cl)N1CCN(C(=O)c2cccc(N3CCCS3(=O)=O)c2)CC1. The van der Waals surface area contributed by atoms with E-state index in [4.69, 9.17) is 16.3 Å². The van der Waals surface area contributed by atoms with E-state index in [1.807, 2.05) is 11.0 Å². The molecule has 1 atom stereocenters. The zero-order valence-electron chi connectivity index (χ0n) is 18.3. The van der Waals surface area contributed by atoms with Crippen LogP contribution in [0.2, 0.25) is 5.02 Å². The number of ether oxygens (including phenoxy) is 1. The van der Waals surface area contributed by atoms with Crippen molar-refractivity contribution < 1.29 is 22.7 Å². The number of halogens is 1. The molecule has 0 spiro atoms. The third-order valence-electron chi connectivity index (χ3n) is 6.07. The topological polar surface area (TPSA) is 87.2 Å². The predicted molar refractivity (Wildman–Crippen MR) is 126 cm³/mol. The lowest BCUT2D eigenvalue weighted by Crippen LogP contribution is -2.51. The van der Waals surface area contributed by atoms with Gasteiger partial charge in [0.05, 0.1) is 18.6 Å². The van der Waals surface area contributed by atoms with Crippen molar-refractivity contribution in [2.75, 3.05) is 49.9 Å². The van der Waals surface area contributed by atoms with Gasteiger partial charge in [0, 0.05) is 43.3 Å². The summed E-state index contributed by atoms with van der Waals surface area (Å²) in [4.78, 5) is 29.4. The van der Waals surface area contributed by atoms with Gasteiger partial charge in [-0.3, -0.25) is 14.0 Å². The van der Waals surface area contributed by atoms with Gasteiger partial charge in [0.2, 0.25) is 10.0 Å². The number of hydrogen-bond donors (Lipinski definition) is 0. The Labute approximate surface area is 198 Å². The molecule has 2 aromatic rings. The van der Waals surface area contributed by atoms with Gasteiger partial charge in [-0.1, -0.05) is 35.9 Å². The molecule has 0 saturated carbocycles. The Kier molecular flexibility index (Phi) is 6.92. The Hall–Kier alpha value is -2.62. The molecule has 8 nitrogen and oxygen atoms in total. The zero-order chi connectivity index (χ0) is 23.6. The maximum atomic E-state index is 13.1. The highest BCUT2D eigenvalue weighted by Gasteiger charge is 2.34. The summed E-state index contributed by atoms with van der Waals surface area (Å²) in [7, 11) is -1.97. The van der Waals surface area contributed by atoms with E-state index in [9.17, 15) is 18.0 Å². The molecule has 2 aromatic carbocycles. The van der Waals surface area contributed by atoms with Crippen molar-refractivity contribution in [3.63, 3.8) is 0 Å². The quantitative estimate of drug-likeness (QED) is 0.597. The first-order chi connectivity index (χ1) is 15.8. The van der Waals surface area contributed by atoms with Crippen molar-refractivity contribution in [3.8, 4) is 0 Å². The number of piperazine rings is 1. The zero-order valence-corrected chi connectivity index (χ0v) is 19.9. The summed E-state index contributed by atoms with van der Waals surface area (Å²) in [5.74, 6) is -0.442. The molecule has 2 aliphatic heterocycles. The fraction of sp³-hybridized carbons (Fsp3) is 0.391. The van der Waals surface area contributed by atoms with Crippen molar-refractivity contribution in [2.24, 2.45) is 0 Å². The second-order valence-corrected chi connectivity index (χ2v) is 10.5. The number of nitrogens with zero attached hydrogens (tertiary/aromatic N) is 3. The molecule has 2 heterocycles. The van der Waals surface area contributed by atoms with Crippen molar-refractivity contribution in [2.45, 2.75) is 12.5 Å². The smallest absolute Gasteiger partial charge is 0.327 e. The molecule has 1 amide bonds. The number of methoxy groups -OCH3 is 1. The van der Waals surface area contributed by atoms with E-state index >= 15 is 0 Å². The van der Waals surface area contributed by atoms with Crippen LogP contribution >= 0.6 is 11.6 Å². The molecule has 176 valence electrons. The molecule has 2 saturated heterocycles. The van der Waals surface area contributed by atoms with E-state index in [2.05, 4.69) is 0 Å². The number of rotatable bonds is 5. The van der Waals surface area contributed by atoms with Crippen LogP contribution < -0.4 is 4.31 Å². The molecule has 0 bridgehead atoms. The van der Waals surface area contributed by atoms with Gasteiger partial charge in [-0.05, 0) is 36.2 Å². The van der Waals surface area contributed by atoms with Gasteiger partial charge in [-0.15, -0.1) is 0 Å². The van der Waals surface area contributed by atoms with E-state index in [0.717, 1.165) is 0 Å². The number of amides is 1. The summed E-state index contributed by atoms with van der Waals surface area (Å²) in [6.07, 6.45) is 0.579. The molecule has 1 unspecified atom stereocenters. The normalized spacial score (nSPS) is 19.3. The number of esters is 1. The van der Waals surface area contributed by atoms with Gasteiger partial charge in [0.25, 0.3) is 5.91 Å². The fourth-order valence-electron chi connectivity index (χ4n) is 4.37. The van der Waals surface area contributed by atoms with Crippen molar-refractivity contribution in [1.29, 1.82) is 0 Å². The average Bonchev–Trinajstić information content (AvgIpc) is 3.19. The Morgan fingerprint density at radius 3 is 2.36 bits per heavy atom. The maximum absolute atomic E-state index is 13.1. The highest BCUT2D eigenvalue weighted by molar-refractivity contribution is 7.93. The van der Waals surface area contributed by atoms with E-state index in [0.29, 0.717) is 61.0 Å². The van der Waals surface area contributed by atoms with Crippen molar-refractivity contribution >= 4 is 39.2 Å². The van der Waals surface area contributed by atoms with Gasteiger partial charge in [0.1, 0.15) is 6.04 Å². The number of hydrogen-bond acceptors (Lipinski definition) is 6. The van der Waals surface area contributed by atoms with E-state index in [-0.39, 0.29) is 11.7 Å². The Morgan fingerprint density at radius 2 is 1.73 bits per heavy atom. The van der Waals surface area contributed by atoms with Crippen LogP contribution in [0.15, 0.2) is 48.5 Å². The summed E-state index contributed by atoms with van der Waals surface area (Å²) >= 11 is 6.34. The Balaban J connectivity index is 1.47. The van der Waals surface area contributed by atoms with Crippen LogP contribution in [0.4, 0.5) is 5.69 Å². The Bertz CT molecular complexity index is 1150. The van der Waals surface area contributed by atoms with Gasteiger partial charge in [0.15, 0.2) is 0 Å². The van der Waals surface area contributed by atoms with Crippen LogP contribution in [0, 0.1) is 0 Å². The molecule has 2 aliphatic rings. The largest absolute Gasteiger partial charge is 0.468 e. The molecule has 2 fully saturated rings. The number of benzene rings is 2. The van der Waals surface area contributed by atoms with E-state index in [1.54, 1.807) is 47.4 Å². The number of carbonyl (C=O) groups excluding carboxylic acids is 2. The molecule has 10 heteroatoms. The molecule has 0 aromatic heterocycles. The summed E-state index contributed by atoms with van der Waals surface area (Å²) in [6, 6.07) is 13.3. The van der Waals surface area contributed by atoms with Crippen LogP contribution in [-0.2, 0) is 19.6 Å². The van der Waals surface area contributed by atoms with Gasteiger partial charge in [-0.25, -0.2) is 13.2 Å². The number of sulfonamides is 1. The summed E-state index contributed by atoms with van der Waals surface area (Å²) in [5.41, 5.74) is 1.63. The fourth-order valence-corrected chi connectivity index (χ4v) is 6.17. The molecule has 4 rings (SSSR count). The molecule has 33 heavy (non-hydrogen) atoms. The lowest BCUT2D eigenvalue weighted by molar-refractivity contribution is -0.148. The molecule has 0 radical (unpaired) electrons. The summed E-state index contributed by atoms with van der Waals surface area (Å²) in [5, 5.41) is 0.486. The summed E-state index contributed by atoms with van der Waals surface area (Å²) < 4.78 is 30.9. The first-order valence-corrected chi connectivity index (χ1v) is 12.8. The minimum absolute atomic E-state index is 0.125. The molecular formula is C23H26ClN3O5S. The van der Waals surface area contributed by atoms with Crippen LogP contribution in [0.5, 0.6) is 0 Å². The average molecular weight is 492 g/mol. The molecular weight excluding hydrogens is 466 g/mol. The lowest BCUT2D eigenvalue weighted by atomic mass is 10.0. The highest BCUT2D eigenvalue weighted by atomic mass is 35.5. The standard InChI is InChI=1S/C23H26ClN3O5S/c1-32-23(29)21(19-8-2-3-9-20(19)24)25-11-13-26(14-12-25)22(28)17-6-4-7-18(16-17)27-10-5-15-33(27,30)31/h2-4,6-9,16,21H,5,10-15H2,1H3. The second-order valence-electron chi connectivity index (χ2n) is 8.07. The minimum atomic E-state index is -3.32. The van der Waals surface area contributed by atoms with E-state index in [1.165, 1.54) is 11.4 Å². The third-order valence-corrected chi connectivity index (χ3v) is 8.28. The molecule has 0 aliphatic carbocycles. The number of carbonyl (C=O) groups is 2. The predicted octanol–water partition coefficient (Wildman–Crippen LogP) is 2.55. The first kappa shape index (κ1) is 23.5. The van der Waals surface area contributed by atoms with Gasteiger partial charge >= 0.3 is 5.97 Å². The highest BCUT2D eigenvalue weighted by Crippen LogP contribution is 2.30. The van der Waals surface area contributed by atoms with Crippen molar-refractivity contribution in [3.05, 3.63) is 64.7 Å². The maximum Gasteiger partial charge on any atom is 0.327 e. The Morgan fingerprint density at radius 1 is 1.00 bits per heavy atom. The molecule has 0 N–H and O–H groups in total. The van der Waals surface area contributed by atoms with E-state index < -0.39 is 22.0 Å². The van der Waals surface area contributed by atoms with Crippen LogP contribution in [0.3, 0.4) is 0 Å². The minimum Gasteiger partial charge on any atom is -0.468 e. The number of anilines is 1.